The van der Waals surface area contributed by atoms with Gasteiger partial charge in [0.15, 0.2) is 5.78 Å². The molecule has 1 aliphatic heterocycles. The van der Waals surface area contributed by atoms with Crippen molar-refractivity contribution in [2.75, 3.05) is 20.3 Å². The van der Waals surface area contributed by atoms with Crippen molar-refractivity contribution in [1.82, 2.24) is 5.32 Å². The van der Waals surface area contributed by atoms with E-state index in [9.17, 15) is 27.6 Å². The molecule has 1 aromatic rings. The third-order valence-electron chi connectivity index (χ3n) is 4.39. The Morgan fingerprint density at radius 1 is 1.18 bits per heavy atom. The quantitative estimate of drug-likeness (QED) is 0.594. The number of ketones is 1. The van der Waals surface area contributed by atoms with Gasteiger partial charge in [-0.15, -0.1) is 0 Å². The minimum Gasteiger partial charge on any atom is -0.496 e. The lowest BCUT2D eigenvalue weighted by Gasteiger charge is -2.34. The topological polar surface area (TPSA) is 90.9 Å². The van der Waals surface area contributed by atoms with E-state index in [1.165, 1.54) is 39.2 Å². The predicted octanol–water partition coefficient (Wildman–Crippen LogP) is 2.02. The van der Waals surface area contributed by atoms with Gasteiger partial charge in [0.05, 0.1) is 20.3 Å². The van der Waals surface area contributed by atoms with Crippen LogP contribution in [-0.4, -0.2) is 50.3 Å². The Hall–Kier alpha value is -2.62. The van der Waals surface area contributed by atoms with Gasteiger partial charge in [0.1, 0.15) is 11.8 Å². The fourth-order valence-electron chi connectivity index (χ4n) is 3.21. The van der Waals surface area contributed by atoms with Gasteiger partial charge in [0, 0.05) is 17.7 Å². The molecule has 0 aromatic heterocycles. The summed E-state index contributed by atoms with van der Waals surface area (Å²) in [4.78, 5) is 38.7. The third-order valence-corrected chi connectivity index (χ3v) is 4.39. The monoisotopic (exact) mass is 403 g/mol. The number of benzene rings is 1. The fraction of sp³-hybridized carbons (Fsp3) is 0.500. The van der Waals surface area contributed by atoms with Crippen molar-refractivity contribution in [2.45, 2.75) is 32.6 Å². The number of rotatable bonds is 5. The molecule has 1 N–H and O–H groups in total. The van der Waals surface area contributed by atoms with Crippen LogP contribution in [0.3, 0.4) is 0 Å². The molecule has 0 spiro atoms. The van der Waals surface area contributed by atoms with Gasteiger partial charge in [-0.1, -0.05) is 12.1 Å². The number of carbonyl (C=O) groups is 3. The number of esters is 2. The highest BCUT2D eigenvalue weighted by Crippen LogP contribution is 2.43. The molecule has 0 saturated carbocycles. The number of ether oxygens (including phenoxy) is 3. The minimum atomic E-state index is -5.13. The minimum absolute atomic E-state index is 0.0970. The Balaban J connectivity index is 2.84. The maximum atomic E-state index is 13.9. The molecule has 1 heterocycles. The van der Waals surface area contributed by atoms with Crippen LogP contribution in [0.2, 0.25) is 0 Å². The molecule has 1 unspecified atom stereocenters. The molecule has 1 aromatic carbocycles. The Bertz CT molecular complexity index is 759. The zero-order chi connectivity index (χ0) is 21.1. The summed E-state index contributed by atoms with van der Waals surface area (Å²) in [6.07, 6.45) is -5.13. The first kappa shape index (κ1) is 21.7. The van der Waals surface area contributed by atoms with E-state index in [1.807, 2.05) is 0 Å². The first-order valence-electron chi connectivity index (χ1n) is 8.51. The summed E-state index contributed by atoms with van der Waals surface area (Å²) >= 11 is 0. The molecule has 0 bridgehead atoms. The van der Waals surface area contributed by atoms with E-state index in [-0.39, 0.29) is 30.1 Å². The second kappa shape index (κ2) is 8.17. The lowest BCUT2D eigenvalue weighted by molar-refractivity contribution is -0.202. The largest absolute Gasteiger partial charge is 0.496 e. The third kappa shape index (κ3) is 3.44. The molecule has 7 nitrogen and oxygen atoms in total. The molecule has 0 radical (unpaired) electrons. The van der Waals surface area contributed by atoms with Crippen LogP contribution in [-0.2, 0) is 25.6 Å². The highest BCUT2D eigenvalue weighted by Gasteiger charge is 2.69. The van der Waals surface area contributed by atoms with Crippen molar-refractivity contribution in [1.29, 1.82) is 0 Å². The predicted molar refractivity (Wildman–Crippen MR) is 89.7 cm³/mol. The van der Waals surface area contributed by atoms with E-state index in [4.69, 9.17) is 14.2 Å². The van der Waals surface area contributed by atoms with Crippen LogP contribution < -0.4 is 10.1 Å². The number of carbonyl (C=O) groups excluding carboxylic acids is 3. The Morgan fingerprint density at radius 3 is 2.21 bits per heavy atom. The number of halogens is 3. The van der Waals surface area contributed by atoms with Crippen LogP contribution >= 0.6 is 0 Å². The van der Waals surface area contributed by atoms with Crippen LogP contribution in [0.1, 0.15) is 29.8 Å². The molecular weight excluding hydrogens is 383 g/mol. The summed E-state index contributed by atoms with van der Waals surface area (Å²) in [5.41, 5.74) is -3.43. The normalized spacial score (nSPS) is 18.6. The average Bonchev–Trinajstić information content (AvgIpc) is 2.77. The van der Waals surface area contributed by atoms with Gasteiger partial charge in [-0.05, 0) is 19.9 Å². The van der Waals surface area contributed by atoms with Crippen LogP contribution in [0, 0.1) is 5.41 Å². The summed E-state index contributed by atoms with van der Waals surface area (Å²) in [7, 11) is 1.29. The van der Waals surface area contributed by atoms with Gasteiger partial charge in [0.25, 0.3) is 5.41 Å². The van der Waals surface area contributed by atoms with Crippen LogP contribution in [0.5, 0.6) is 5.75 Å². The van der Waals surface area contributed by atoms with Crippen molar-refractivity contribution < 1.29 is 41.8 Å². The number of hydrogen-bond donors (Lipinski definition) is 1. The van der Waals surface area contributed by atoms with E-state index in [0.29, 0.717) is 0 Å². The van der Waals surface area contributed by atoms with E-state index >= 15 is 0 Å². The smallest absolute Gasteiger partial charge is 0.406 e. The summed E-state index contributed by atoms with van der Waals surface area (Å²) < 4.78 is 56.4. The Labute approximate surface area is 159 Å². The summed E-state index contributed by atoms with van der Waals surface area (Å²) in [6, 6.07) is 1.22. The second-order valence-electron chi connectivity index (χ2n) is 5.92. The highest BCUT2D eigenvalue weighted by atomic mass is 19.4. The number of methoxy groups -OCH3 is 1. The maximum absolute atomic E-state index is 13.9. The van der Waals surface area contributed by atoms with Crippen molar-refractivity contribution in [3.63, 3.8) is 0 Å². The number of Topliss-reactive ketones (excluding diaryl/α,β-unsaturated/α-hetero) is 1. The molecular formula is C18H20F3NO6. The summed E-state index contributed by atoms with van der Waals surface area (Å²) in [6.45, 7) is 1.58. The molecule has 1 atom stereocenters. The molecule has 2 rings (SSSR count). The van der Waals surface area contributed by atoms with E-state index in [1.54, 1.807) is 0 Å². The van der Waals surface area contributed by atoms with Gasteiger partial charge >= 0.3 is 18.1 Å². The summed E-state index contributed by atoms with van der Waals surface area (Å²) in [5.74, 6) is -4.46. The highest BCUT2D eigenvalue weighted by molar-refractivity contribution is 6.27. The lowest BCUT2D eigenvalue weighted by atomic mass is 9.73. The van der Waals surface area contributed by atoms with Crippen molar-refractivity contribution in [3.05, 3.63) is 29.3 Å². The molecule has 154 valence electrons. The van der Waals surface area contributed by atoms with Crippen molar-refractivity contribution in [3.8, 4) is 5.75 Å². The first-order valence-corrected chi connectivity index (χ1v) is 8.51. The SMILES string of the molecule is CCOC(=O)C1(C(=O)OCC)C(=O)c2cccc(OC)c2CNC1C(F)(F)F. The average molecular weight is 403 g/mol. The van der Waals surface area contributed by atoms with Gasteiger partial charge < -0.3 is 19.5 Å². The zero-order valence-electron chi connectivity index (χ0n) is 15.5. The van der Waals surface area contributed by atoms with Gasteiger partial charge in [-0.25, -0.2) is 0 Å². The Kier molecular flexibility index (Phi) is 6.33. The standard InChI is InChI=1S/C18H20F3NO6/c1-4-27-15(24)17(16(25)28-5-2)13(23)10-7-6-8-12(26-3)11(10)9-22-14(17)18(19,20)21/h6-8,14,22H,4-5,9H2,1-3H3. The molecule has 1 aliphatic rings. The molecule has 0 fully saturated rings. The van der Waals surface area contributed by atoms with E-state index in [0.717, 1.165) is 0 Å². The van der Waals surface area contributed by atoms with Crippen molar-refractivity contribution in [2.24, 2.45) is 5.41 Å². The fourth-order valence-corrected chi connectivity index (χ4v) is 3.21. The molecule has 28 heavy (non-hydrogen) atoms. The molecule has 10 heteroatoms. The van der Waals surface area contributed by atoms with Crippen molar-refractivity contribution >= 4 is 17.7 Å². The van der Waals surface area contributed by atoms with Crippen LogP contribution in [0.15, 0.2) is 18.2 Å². The second-order valence-corrected chi connectivity index (χ2v) is 5.92. The molecule has 0 saturated heterocycles. The maximum Gasteiger partial charge on any atom is 0.406 e. The Morgan fingerprint density at radius 2 is 1.75 bits per heavy atom. The molecule has 0 amide bonds. The lowest BCUT2D eigenvalue weighted by Crippen LogP contribution is -2.64. The number of nitrogens with one attached hydrogen (secondary N) is 1. The van der Waals surface area contributed by atoms with Gasteiger partial charge in [0.2, 0.25) is 0 Å². The van der Waals surface area contributed by atoms with Gasteiger partial charge in [-0.2, -0.15) is 13.2 Å². The van der Waals surface area contributed by atoms with Gasteiger partial charge in [-0.3, -0.25) is 14.4 Å². The number of fused-ring (bicyclic) bond motifs is 1. The molecule has 0 aliphatic carbocycles. The number of hydrogen-bond acceptors (Lipinski definition) is 7. The van der Waals surface area contributed by atoms with Crippen LogP contribution in [0.4, 0.5) is 13.2 Å². The van der Waals surface area contributed by atoms with E-state index in [2.05, 4.69) is 5.32 Å². The summed E-state index contributed by atoms with van der Waals surface area (Å²) in [5, 5.41) is 2.12. The van der Waals surface area contributed by atoms with Crippen LogP contribution in [0.25, 0.3) is 0 Å². The first-order chi connectivity index (χ1) is 13.2. The number of alkyl halides is 3. The van der Waals surface area contributed by atoms with E-state index < -0.39 is 41.9 Å². The zero-order valence-corrected chi connectivity index (χ0v) is 15.5.